The second-order valence-electron chi connectivity index (χ2n) is 3.17. The molecule has 1 aromatic rings. The van der Waals surface area contributed by atoms with Crippen LogP contribution >= 0.6 is 0 Å². The van der Waals surface area contributed by atoms with Crippen LogP contribution in [0.5, 0.6) is 0 Å². The van der Waals surface area contributed by atoms with Gasteiger partial charge in [-0.3, -0.25) is 4.55 Å². The van der Waals surface area contributed by atoms with E-state index in [1.54, 1.807) is 0 Å². The fourth-order valence-electron chi connectivity index (χ4n) is 1.29. The Labute approximate surface area is 102 Å². The predicted octanol–water partition coefficient (Wildman–Crippen LogP) is 0.698. The molecule has 18 heavy (non-hydrogen) atoms. The number of carbonyl (C=O) groups is 2. The van der Waals surface area contributed by atoms with Gasteiger partial charge in [0.25, 0.3) is 10.1 Å². The van der Waals surface area contributed by atoms with Gasteiger partial charge in [-0.15, -0.1) is 0 Å². The largest absolute Gasteiger partial charge is 0.478 e. The summed E-state index contributed by atoms with van der Waals surface area (Å²) in [7, 11) is -4.85. The van der Waals surface area contributed by atoms with E-state index in [2.05, 4.69) is 0 Å². The van der Waals surface area contributed by atoms with Crippen LogP contribution < -0.4 is 0 Å². The van der Waals surface area contributed by atoms with E-state index in [4.69, 9.17) is 14.8 Å². The van der Waals surface area contributed by atoms with Gasteiger partial charge in [-0.05, 0) is 6.07 Å². The fourth-order valence-corrected chi connectivity index (χ4v) is 1.99. The summed E-state index contributed by atoms with van der Waals surface area (Å²) in [6.07, 6.45) is 0.233. The zero-order chi connectivity index (χ0) is 13.9. The van der Waals surface area contributed by atoms with E-state index >= 15 is 0 Å². The third kappa shape index (κ3) is 3.15. The van der Waals surface area contributed by atoms with E-state index < -0.39 is 38.1 Å². The second kappa shape index (κ2) is 4.98. The summed E-state index contributed by atoms with van der Waals surface area (Å²) in [5, 5.41) is 17.4. The molecule has 0 radical (unpaired) electrons. The van der Waals surface area contributed by atoms with Crippen LogP contribution in [-0.4, -0.2) is 35.1 Å². The molecule has 1 aromatic carbocycles. The predicted molar refractivity (Wildman–Crippen MR) is 60.6 cm³/mol. The highest BCUT2D eigenvalue weighted by molar-refractivity contribution is 7.95. The molecule has 0 fully saturated rings. The van der Waals surface area contributed by atoms with Gasteiger partial charge >= 0.3 is 11.9 Å². The maximum Gasteiger partial charge on any atom is 0.336 e. The average molecular weight is 272 g/mol. The summed E-state index contributed by atoms with van der Waals surface area (Å²) in [5.41, 5.74) is -0.822. The van der Waals surface area contributed by atoms with Crippen LogP contribution in [-0.2, 0) is 14.9 Å². The molecular weight excluding hydrogens is 264 g/mol. The lowest BCUT2D eigenvalue weighted by Crippen LogP contribution is -2.09. The van der Waals surface area contributed by atoms with E-state index in [1.165, 1.54) is 12.1 Å². The van der Waals surface area contributed by atoms with Crippen molar-refractivity contribution in [3.8, 4) is 0 Å². The summed E-state index contributed by atoms with van der Waals surface area (Å²) in [4.78, 5) is 20.4. The first kappa shape index (κ1) is 13.9. The lowest BCUT2D eigenvalue weighted by atomic mass is 10.1. The maximum atomic E-state index is 11.1. The quantitative estimate of drug-likeness (QED) is 0.543. The fraction of sp³-hybridized carbons (Fsp3) is 0. The highest BCUT2D eigenvalue weighted by atomic mass is 32.2. The SMILES string of the molecule is O=C(O)/C=C(/c1ccccc1C(=O)O)S(=O)(=O)O. The highest BCUT2D eigenvalue weighted by Crippen LogP contribution is 2.23. The molecule has 7 nitrogen and oxygen atoms in total. The van der Waals surface area contributed by atoms with Gasteiger partial charge in [0.2, 0.25) is 0 Å². The minimum Gasteiger partial charge on any atom is -0.478 e. The summed E-state index contributed by atoms with van der Waals surface area (Å²) < 4.78 is 31.1. The van der Waals surface area contributed by atoms with Gasteiger partial charge in [-0.2, -0.15) is 8.42 Å². The standard InChI is InChI=1S/C10H8O7S/c11-9(12)5-8(18(15,16)17)6-3-1-2-4-7(6)10(13)14/h1-5H,(H,11,12)(H,13,14)(H,15,16,17)/b8-5-. The third-order valence-electron chi connectivity index (χ3n) is 1.96. The van der Waals surface area contributed by atoms with Crippen LogP contribution in [0.2, 0.25) is 0 Å². The van der Waals surface area contributed by atoms with E-state index in [0.717, 1.165) is 12.1 Å². The molecule has 0 bridgehead atoms. The molecule has 0 unspecified atom stereocenters. The van der Waals surface area contributed by atoms with Crippen LogP contribution in [0.25, 0.3) is 4.91 Å². The molecule has 0 saturated heterocycles. The molecule has 0 aliphatic rings. The highest BCUT2D eigenvalue weighted by Gasteiger charge is 2.23. The van der Waals surface area contributed by atoms with Crippen molar-refractivity contribution in [1.82, 2.24) is 0 Å². The van der Waals surface area contributed by atoms with E-state index in [-0.39, 0.29) is 6.08 Å². The Morgan fingerprint density at radius 3 is 1.94 bits per heavy atom. The first-order valence-corrected chi connectivity index (χ1v) is 5.92. The van der Waals surface area contributed by atoms with Crippen molar-refractivity contribution in [2.75, 3.05) is 0 Å². The van der Waals surface area contributed by atoms with Crippen molar-refractivity contribution in [2.45, 2.75) is 0 Å². The number of rotatable bonds is 4. The molecule has 0 saturated carbocycles. The molecule has 0 amide bonds. The molecular formula is C10H8O7S. The van der Waals surface area contributed by atoms with Gasteiger partial charge in [-0.25, -0.2) is 9.59 Å². The molecule has 3 N–H and O–H groups in total. The Balaban J connectivity index is 3.60. The van der Waals surface area contributed by atoms with Gasteiger partial charge < -0.3 is 10.2 Å². The molecule has 0 atom stereocenters. The topological polar surface area (TPSA) is 129 Å². The van der Waals surface area contributed by atoms with Crippen LogP contribution in [0, 0.1) is 0 Å². The van der Waals surface area contributed by atoms with Crippen molar-refractivity contribution < 1.29 is 32.8 Å². The number of benzene rings is 1. The minimum absolute atomic E-state index is 0.233. The monoisotopic (exact) mass is 272 g/mol. The normalized spacial score (nSPS) is 12.2. The lowest BCUT2D eigenvalue weighted by molar-refractivity contribution is -0.131. The first-order chi connectivity index (χ1) is 8.23. The average Bonchev–Trinajstić information content (AvgIpc) is 2.24. The molecule has 1 rings (SSSR count). The number of hydrogen-bond donors (Lipinski definition) is 3. The van der Waals surface area contributed by atoms with Crippen LogP contribution in [0.4, 0.5) is 0 Å². The maximum absolute atomic E-state index is 11.1. The van der Waals surface area contributed by atoms with E-state index in [9.17, 15) is 18.0 Å². The molecule has 8 heteroatoms. The smallest absolute Gasteiger partial charge is 0.336 e. The number of aromatic carboxylic acids is 1. The van der Waals surface area contributed by atoms with Gasteiger partial charge in [0.15, 0.2) is 0 Å². The van der Waals surface area contributed by atoms with Gasteiger partial charge in [0, 0.05) is 11.6 Å². The van der Waals surface area contributed by atoms with Crippen LogP contribution in [0.15, 0.2) is 30.3 Å². The van der Waals surface area contributed by atoms with Gasteiger partial charge in [-0.1, -0.05) is 18.2 Å². The zero-order valence-electron chi connectivity index (χ0n) is 8.77. The van der Waals surface area contributed by atoms with Crippen LogP contribution in [0.3, 0.4) is 0 Å². The van der Waals surface area contributed by atoms with Crippen LogP contribution in [0.1, 0.15) is 15.9 Å². The summed E-state index contributed by atoms with van der Waals surface area (Å²) in [6.45, 7) is 0. The van der Waals surface area contributed by atoms with Crippen molar-refractivity contribution in [3.05, 3.63) is 41.5 Å². The number of carboxylic acid groups (broad SMARTS) is 2. The number of aliphatic carboxylic acids is 1. The molecule has 0 aliphatic heterocycles. The molecule has 0 heterocycles. The Bertz CT molecular complexity index is 627. The summed E-state index contributed by atoms with van der Waals surface area (Å²) in [6, 6.07) is 4.85. The number of carboxylic acids is 2. The van der Waals surface area contributed by atoms with Crippen molar-refractivity contribution in [3.63, 3.8) is 0 Å². The Hall–Kier alpha value is -2.19. The Kier molecular flexibility index (Phi) is 3.84. The number of hydrogen-bond acceptors (Lipinski definition) is 4. The summed E-state index contributed by atoms with van der Waals surface area (Å²) >= 11 is 0. The van der Waals surface area contributed by atoms with Gasteiger partial charge in [0.1, 0.15) is 4.91 Å². The molecule has 96 valence electrons. The van der Waals surface area contributed by atoms with E-state index in [1.807, 2.05) is 0 Å². The first-order valence-electron chi connectivity index (χ1n) is 4.48. The Morgan fingerprint density at radius 1 is 1.06 bits per heavy atom. The van der Waals surface area contributed by atoms with Gasteiger partial charge in [0.05, 0.1) is 5.56 Å². The molecule has 0 aromatic heterocycles. The zero-order valence-corrected chi connectivity index (χ0v) is 9.59. The molecule has 0 aliphatic carbocycles. The van der Waals surface area contributed by atoms with Crippen molar-refractivity contribution in [2.24, 2.45) is 0 Å². The van der Waals surface area contributed by atoms with Crippen molar-refractivity contribution in [1.29, 1.82) is 0 Å². The van der Waals surface area contributed by atoms with Crippen molar-refractivity contribution >= 4 is 27.0 Å². The Morgan fingerprint density at radius 2 is 1.56 bits per heavy atom. The van der Waals surface area contributed by atoms with E-state index in [0.29, 0.717) is 0 Å². The lowest BCUT2D eigenvalue weighted by Gasteiger charge is -2.07. The molecule has 0 spiro atoms. The second-order valence-corrected chi connectivity index (χ2v) is 4.56. The minimum atomic E-state index is -4.85. The summed E-state index contributed by atoms with van der Waals surface area (Å²) in [5.74, 6) is -3.06. The third-order valence-corrected chi connectivity index (χ3v) is 2.85.